The zero-order valence-electron chi connectivity index (χ0n) is 10.7. The number of hydrogen-bond acceptors (Lipinski definition) is 3. The number of aryl methyl sites for hydroxylation is 1. The third-order valence-electron chi connectivity index (χ3n) is 2.95. The maximum atomic E-state index is 12.0. The summed E-state index contributed by atoms with van der Waals surface area (Å²) in [6, 6.07) is 4.68. The van der Waals surface area contributed by atoms with Crippen LogP contribution in [0.4, 0.5) is 5.69 Å². The number of carbonyl (C=O) groups is 1. The van der Waals surface area contributed by atoms with Crippen molar-refractivity contribution in [3.05, 3.63) is 57.5 Å². The summed E-state index contributed by atoms with van der Waals surface area (Å²) >= 11 is 0. The van der Waals surface area contributed by atoms with E-state index in [4.69, 9.17) is 0 Å². The lowest BCUT2D eigenvalue weighted by Gasteiger charge is -2.11. The highest BCUT2D eigenvalue weighted by atomic mass is 16.3. The van der Waals surface area contributed by atoms with Crippen molar-refractivity contribution in [1.29, 1.82) is 0 Å². The number of rotatable bonds is 2. The molecule has 2 aromatic rings. The van der Waals surface area contributed by atoms with Crippen molar-refractivity contribution in [3.63, 3.8) is 0 Å². The summed E-state index contributed by atoms with van der Waals surface area (Å²) in [5, 5.41) is 12.4. The molecule has 0 saturated heterocycles. The van der Waals surface area contributed by atoms with Crippen LogP contribution in [0.1, 0.15) is 21.5 Å². The minimum Gasteiger partial charge on any atom is -0.507 e. The molecule has 0 aliphatic rings. The molecule has 0 aliphatic carbocycles. The Morgan fingerprint density at radius 1 is 1.26 bits per heavy atom. The standard InChI is InChI=1S/C14H14N2O3/c1-8-3-4-11(9(2)13(8)18)16-14(19)10-7-15-6-5-12(10)17/h3-7,18H,1-2H3,(H,15,17)(H,16,19). The molecule has 5 heteroatoms. The van der Waals surface area contributed by atoms with Crippen LogP contribution < -0.4 is 10.7 Å². The van der Waals surface area contributed by atoms with E-state index < -0.39 is 5.91 Å². The van der Waals surface area contributed by atoms with E-state index in [1.807, 2.05) is 0 Å². The molecule has 2 rings (SSSR count). The molecule has 1 heterocycles. The molecule has 0 radical (unpaired) electrons. The van der Waals surface area contributed by atoms with E-state index in [2.05, 4.69) is 10.3 Å². The smallest absolute Gasteiger partial charge is 0.261 e. The summed E-state index contributed by atoms with van der Waals surface area (Å²) in [5.74, 6) is -0.368. The largest absolute Gasteiger partial charge is 0.507 e. The maximum absolute atomic E-state index is 12.0. The number of nitrogens with one attached hydrogen (secondary N) is 2. The molecule has 98 valence electrons. The topological polar surface area (TPSA) is 82.2 Å². The van der Waals surface area contributed by atoms with Crippen LogP contribution in [0.2, 0.25) is 0 Å². The second-order valence-electron chi connectivity index (χ2n) is 4.28. The first kappa shape index (κ1) is 12.9. The molecular formula is C14H14N2O3. The quantitative estimate of drug-likeness (QED) is 0.770. The highest BCUT2D eigenvalue weighted by Crippen LogP contribution is 2.28. The van der Waals surface area contributed by atoms with E-state index in [1.54, 1.807) is 26.0 Å². The van der Waals surface area contributed by atoms with E-state index in [9.17, 15) is 14.7 Å². The SMILES string of the molecule is Cc1ccc(NC(=O)c2c[nH]ccc2=O)c(C)c1O. The fourth-order valence-corrected chi connectivity index (χ4v) is 1.75. The Morgan fingerprint density at radius 3 is 2.68 bits per heavy atom. The van der Waals surface area contributed by atoms with Gasteiger partial charge in [0.2, 0.25) is 0 Å². The first-order chi connectivity index (χ1) is 9.00. The van der Waals surface area contributed by atoms with Crippen LogP contribution >= 0.6 is 0 Å². The molecule has 1 amide bonds. The van der Waals surface area contributed by atoms with Crippen LogP contribution in [0.15, 0.2) is 35.4 Å². The average molecular weight is 258 g/mol. The first-order valence-electron chi connectivity index (χ1n) is 5.78. The van der Waals surface area contributed by atoms with Gasteiger partial charge in [0.15, 0.2) is 5.43 Å². The monoisotopic (exact) mass is 258 g/mol. The molecule has 1 aromatic carbocycles. The number of aromatic hydroxyl groups is 1. The van der Waals surface area contributed by atoms with E-state index >= 15 is 0 Å². The molecule has 0 unspecified atom stereocenters. The van der Waals surface area contributed by atoms with Gasteiger partial charge in [-0.2, -0.15) is 0 Å². The van der Waals surface area contributed by atoms with Crippen LogP contribution in [-0.2, 0) is 0 Å². The Morgan fingerprint density at radius 2 is 2.00 bits per heavy atom. The third-order valence-corrected chi connectivity index (χ3v) is 2.95. The summed E-state index contributed by atoms with van der Waals surface area (Å²) in [6.07, 6.45) is 2.81. The minimum atomic E-state index is -0.506. The van der Waals surface area contributed by atoms with Gasteiger partial charge in [0.05, 0.1) is 0 Å². The van der Waals surface area contributed by atoms with Gasteiger partial charge in [-0.15, -0.1) is 0 Å². The number of amides is 1. The Labute approximate surface area is 109 Å². The Balaban J connectivity index is 2.33. The molecule has 3 N–H and O–H groups in total. The van der Waals surface area contributed by atoms with E-state index in [-0.39, 0.29) is 16.7 Å². The molecule has 0 bridgehead atoms. The van der Waals surface area contributed by atoms with Crippen molar-refractivity contribution in [2.75, 3.05) is 5.32 Å². The van der Waals surface area contributed by atoms with Gasteiger partial charge < -0.3 is 15.4 Å². The van der Waals surface area contributed by atoms with Gasteiger partial charge in [-0.05, 0) is 25.5 Å². The summed E-state index contributed by atoms with van der Waals surface area (Å²) in [6.45, 7) is 3.48. The molecule has 1 aromatic heterocycles. The van der Waals surface area contributed by atoms with Crippen molar-refractivity contribution in [2.45, 2.75) is 13.8 Å². The van der Waals surface area contributed by atoms with Gasteiger partial charge >= 0.3 is 0 Å². The number of carbonyl (C=O) groups excluding carboxylic acids is 1. The van der Waals surface area contributed by atoms with Gasteiger partial charge in [0, 0.05) is 29.7 Å². The van der Waals surface area contributed by atoms with Crippen LogP contribution in [0.5, 0.6) is 5.75 Å². The molecule has 0 fully saturated rings. The molecule has 0 saturated carbocycles. The molecule has 5 nitrogen and oxygen atoms in total. The van der Waals surface area contributed by atoms with E-state index in [0.29, 0.717) is 11.3 Å². The summed E-state index contributed by atoms with van der Waals surface area (Å²) < 4.78 is 0. The molecular weight excluding hydrogens is 244 g/mol. The minimum absolute atomic E-state index is 0.0296. The number of phenols is 1. The summed E-state index contributed by atoms with van der Waals surface area (Å²) in [7, 11) is 0. The van der Waals surface area contributed by atoms with Crippen molar-refractivity contribution in [2.24, 2.45) is 0 Å². The normalized spacial score (nSPS) is 10.2. The molecule has 0 spiro atoms. The summed E-state index contributed by atoms with van der Waals surface area (Å²) in [4.78, 5) is 26.2. The lowest BCUT2D eigenvalue weighted by molar-refractivity contribution is 0.102. The average Bonchev–Trinajstić information content (AvgIpc) is 2.40. The Bertz CT molecular complexity index is 689. The van der Waals surface area contributed by atoms with E-state index in [1.165, 1.54) is 18.5 Å². The molecule has 19 heavy (non-hydrogen) atoms. The molecule has 0 atom stereocenters. The van der Waals surface area contributed by atoms with Gasteiger partial charge in [-0.25, -0.2) is 0 Å². The van der Waals surface area contributed by atoms with Crippen LogP contribution in [0, 0.1) is 13.8 Å². The third kappa shape index (κ3) is 2.49. The van der Waals surface area contributed by atoms with Crippen molar-refractivity contribution >= 4 is 11.6 Å². The Kier molecular flexibility index (Phi) is 3.37. The number of benzene rings is 1. The van der Waals surface area contributed by atoms with Crippen LogP contribution in [0.3, 0.4) is 0 Å². The summed E-state index contributed by atoms with van der Waals surface area (Å²) in [5.41, 5.74) is 1.46. The second-order valence-corrected chi connectivity index (χ2v) is 4.28. The number of phenolic OH excluding ortho intramolecular Hbond substituents is 1. The lowest BCUT2D eigenvalue weighted by atomic mass is 10.1. The number of hydrogen-bond donors (Lipinski definition) is 3. The van der Waals surface area contributed by atoms with Crippen LogP contribution in [-0.4, -0.2) is 16.0 Å². The number of anilines is 1. The number of aromatic amines is 1. The van der Waals surface area contributed by atoms with Crippen molar-refractivity contribution in [1.82, 2.24) is 4.98 Å². The number of H-pyrrole nitrogens is 1. The van der Waals surface area contributed by atoms with Gasteiger partial charge in [0.25, 0.3) is 5.91 Å². The van der Waals surface area contributed by atoms with Gasteiger partial charge in [0.1, 0.15) is 11.3 Å². The predicted molar refractivity (Wildman–Crippen MR) is 72.6 cm³/mol. The van der Waals surface area contributed by atoms with Gasteiger partial charge in [-0.3, -0.25) is 9.59 Å². The fourth-order valence-electron chi connectivity index (χ4n) is 1.75. The zero-order chi connectivity index (χ0) is 14.0. The number of aromatic nitrogens is 1. The second kappa shape index (κ2) is 4.97. The highest BCUT2D eigenvalue weighted by molar-refractivity contribution is 6.04. The lowest BCUT2D eigenvalue weighted by Crippen LogP contribution is -2.21. The van der Waals surface area contributed by atoms with Crippen LogP contribution in [0.25, 0.3) is 0 Å². The highest BCUT2D eigenvalue weighted by Gasteiger charge is 2.13. The zero-order valence-corrected chi connectivity index (χ0v) is 10.7. The number of pyridine rings is 1. The molecule has 0 aliphatic heterocycles. The predicted octanol–water partition coefficient (Wildman–Crippen LogP) is 1.95. The fraction of sp³-hybridized carbons (Fsp3) is 0.143. The Hall–Kier alpha value is -2.56. The van der Waals surface area contributed by atoms with E-state index in [0.717, 1.165) is 5.56 Å². The first-order valence-corrected chi connectivity index (χ1v) is 5.78. The van der Waals surface area contributed by atoms with Crippen molar-refractivity contribution < 1.29 is 9.90 Å². The maximum Gasteiger partial charge on any atom is 0.261 e. The van der Waals surface area contributed by atoms with Gasteiger partial charge in [-0.1, -0.05) is 6.07 Å². The van der Waals surface area contributed by atoms with Crippen molar-refractivity contribution in [3.8, 4) is 5.75 Å².